The zero-order chi connectivity index (χ0) is 11.3. The number of amides is 1. The van der Waals surface area contributed by atoms with E-state index in [0.717, 1.165) is 25.7 Å². The average molecular weight is 214 g/mol. The summed E-state index contributed by atoms with van der Waals surface area (Å²) in [7, 11) is 0. The van der Waals surface area contributed by atoms with Gasteiger partial charge in [0.1, 0.15) is 6.04 Å². The molecular weight excluding hydrogens is 196 g/mol. The van der Waals surface area contributed by atoms with Crippen LogP contribution in [0.1, 0.15) is 32.1 Å². The molecule has 86 valence electrons. The van der Waals surface area contributed by atoms with E-state index in [1.807, 2.05) is 0 Å². The Labute approximate surface area is 89.0 Å². The fourth-order valence-corrected chi connectivity index (χ4v) is 1.49. The van der Waals surface area contributed by atoms with Gasteiger partial charge in [-0.2, -0.15) is 0 Å². The van der Waals surface area contributed by atoms with Gasteiger partial charge in [-0.15, -0.1) is 0 Å². The molecule has 4 N–H and O–H groups in total. The maximum Gasteiger partial charge on any atom is 0.326 e. The fourth-order valence-electron chi connectivity index (χ4n) is 1.49. The van der Waals surface area contributed by atoms with E-state index in [1.165, 1.54) is 0 Å². The molecule has 0 saturated heterocycles. The lowest BCUT2D eigenvalue weighted by Crippen LogP contribution is -2.42. The molecule has 1 aliphatic carbocycles. The highest BCUT2D eigenvalue weighted by molar-refractivity contribution is 5.83. The van der Waals surface area contributed by atoms with Crippen molar-refractivity contribution in [1.82, 2.24) is 5.32 Å². The summed E-state index contributed by atoms with van der Waals surface area (Å²) in [5.74, 6) is -0.964. The number of hydrogen-bond acceptors (Lipinski definition) is 3. The normalized spacial score (nSPS) is 17.1. The number of nitrogens with two attached hydrogens (primary N) is 1. The first-order valence-corrected chi connectivity index (χ1v) is 5.37. The molecule has 0 spiro atoms. The van der Waals surface area contributed by atoms with Gasteiger partial charge in [0, 0.05) is 6.42 Å². The van der Waals surface area contributed by atoms with Gasteiger partial charge in [-0.1, -0.05) is 0 Å². The van der Waals surface area contributed by atoms with Crippen molar-refractivity contribution >= 4 is 11.9 Å². The number of aliphatic carboxylic acids is 1. The third kappa shape index (κ3) is 4.29. The van der Waals surface area contributed by atoms with Crippen LogP contribution in [0.4, 0.5) is 0 Å². The van der Waals surface area contributed by atoms with E-state index in [4.69, 9.17) is 10.8 Å². The minimum absolute atomic E-state index is 0.140. The lowest BCUT2D eigenvalue weighted by atomic mass is 10.1. The first-order valence-electron chi connectivity index (χ1n) is 5.37. The molecule has 1 fully saturated rings. The Morgan fingerprint density at radius 2 is 2.07 bits per heavy atom. The van der Waals surface area contributed by atoms with Crippen LogP contribution >= 0.6 is 0 Å². The standard InChI is InChI=1S/C10H18N2O3/c11-6-2-1-3-8(13)12-9(10(14)15)7-4-5-7/h7,9H,1-6,11H2,(H,12,13)(H,14,15). The smallest absolute Gasteiger partial charge is 0.326 e. The Balaban J connectivity index is 2.24. The van der Waals surface area contributed by atoms with Gasteiger partial charge in [-0.05, 0) is 38.1 Å². The van der Waals surface area contributed by atoms with Gasteiger partial charge < -0.3 is 16.2 Å². The molecule has 1 unspecified atom stereocenters. The van der Waals surface area contributed by atoms with Crippen molar-refractivity contribution in [2.24, 2.45) is 11.7 Å². The van der Waals surface area contributed by atoms with Crippen molar-refractivity contribution in [1.29, 1.82) is 0 Å². The molecule has 0 heterocycles. The van der Waals surface area contributed by atoms with Crippen LogP contribution in [0.15, 0.2) is 0 Å². The van der Waals surface area contributed by atoms with Crippen LogP contribution in [0.5, 0.6) is 0 Å². The molecule has 1 amide bonds. The number of carboxylic acids is 1. The van der Waals surface area contributed by atoms with Gasteiger partial charge >= 0.3 is 5.97 Å². The van der Waals surface area contributed by atoms with E-state index in [0.29, 0.717) is 13.0 Å². The number of rotatable bonds is 7. The van der Waals surface area contributed by atoms with Gasteiger partial charge in [-0.25, -0.2) is 4.79 Å². The summed E-state index contributed by atoms with van der Waals surface area (Å²) in [5.41, 5.74) is 5.30. The van der Waals surface area contributed by atoms with Crippen LogP contribution in [0, 0.1) is 5.92 Å². The summed E-state index contributed by atoms with van der Waals surface area (Å²) in [6.07, 6.45) is 3.70. The number of nitrogens with one attached hydrogen (secondary N) is 1. The van der Waals surface area contributed by atoms with E-state index in [-0.39, 0.29) is 11.8 Å². The summed E-state index contributed by atoms with van der Waals surface area (Å²) < 4.78 is 0. The second-order valence-electron chi connectivity index (χ2n) is 3.97. The molecule has 1 aliphatic rings. The maximum atomic E-state index is 11.3. The molecule has 0 radical (unpaired) electrons. The second-order valence-corrected chi connectivity index (χ2v) is 3.97. The summed E-state index contributed by atoms with van der Waals surface area (Å²) in [6.45, 7) is 0.568. The molecule has 1 atom stereocenters. The number of carboxylic acid groups (broad SMARTS) is 1. The molecule has 0 aromatic heterocycles. The highest BCUT2D eigenvalue weighted by Crippen LogP contribution is 2.32. The highest BCUT2D eigenvalue weighted by Gasteiger charge is 2.36. The summed E-state index contributed by atoms with van der Waals surface area (Å²) in [6, 6.07) is -0.685. The first-order chi connectivity index (χ1) is 7.15. The van der Waals surface area contributed by atoms with Crippen molar-refractivity contribution in [3.05, 3.63) is 0 Å². The van der Waals surface area contributed by atoms with Crippen molar-refractivity contribution in [3.8, 4) is 0 Å². The zero-order valence-corrected chi connectivity index (χ0v) is 8.74. The number of hydrogen-bond donors (Lipinski definition) is 3. The van der Waals surface area contributed by atoms with Gasteiger partial charge in [0.05, 0.1) is 0 Å². The molecule has 0 aromatic carbocycles. The molecule has 0 aliphatic heterocycles. The summed E-state index contributed by atoms with van der Waals surface area (Å²) in [5, 5.41) is 11.4. The largest absolute Gasteiger partial charge is 0.480 e. The van der Waals surface area contributed by atoms with Crippen molar-refractivity contribution < 1.29 is 14.7 Å². The Morgan fingerprint density at radius 3 is 2.53 bits per heavy atom. The minimum Gasteiger partial charge on any atom is -0.480 e. The molecular formula is C10H18N2O3. The van der Waals surface area contributed by atoms with Crippen LogP contribution in [0.25, 0.3) is 0 Å². The molecule has 0 bridgehead atoms. The third-order valence-corrected chi connectivity index (χ3v) is 2.53. The topological polar surface area (TPSA) is 92.4 Å². The lowest BCUT2D eigenvalue weighted by molar-refractivity contribution is -0.142. The van der Waals surface area contributed by atoms with Gasteiger partial charge in [0.15, 0.2) is 0 Å². The summed E-state index contributed by atoms with van der Waals surface area (Å²) >= 11 is 0. The molecule has 1 saturated carbocycles. The van der Waals surface area contributed by atoms with Gasteiger partial charge in [0.25, 0.3) is 0 Å². The van der Waals surface area contributed by atoms with Crippen LogP contribution in [0.2, 0.25) is 0 Å². The van der Waals surface area contributed by atoms with Gasteiger partial charge in [0.2, 0.25) is 5.91 Å². The summed E-state index contributed by atoms with van der Waals surface area (Å²) in [4.78, 5) is 22.2. The number of carbonyl (C=O) groups excluding carboxylic acids is 1. The monoisotopic (exact) mass is 214 g/mol. The zero-order valence-electron chi connectivity index (χ0n) is 8.74. The Hall–Kier alpha value is -1.10. The van der Waals surface area contributed by atoms with Crippen LogP contribution in [-0.4, -0.2) is 29.6 Å². The molecule has 1 rings (SSSR count). The van der Waals surface area contributed by atoms with Crippen LogP contribution in [0.3, 0.4) is 0 Å². The second kappa shape index (κ2) is 5.70. The Morgan fingerprint density at radius 1 is 1.40 bits per heavy atom. The van der Waals surface area contributed by atoms with Crippen LogP contribution < -0.4 is 11.1 Å². The average Bonchev–Trinajstić information content (AvgIpc) is 2.97. The predicted molar refractivity (Wildman–Crippen MR) is 55.2 cm³/mol. The number of unbranched alkanes of at least 4 members (excludes halogenated alkanes) is 1. The highest BCUT2D eigenvalue weighted by atomic mass is 16.4. The number of carbonyl (C=O) groups is 2. The minimum atomic E-state index is -0.926. The quantitative estimate of drug-likeness (QED) is 0.524. The van der Waals surface area contributed by atoms with Crippen molar-refractivity contribution in [3.63, 3.8) is 0 Å². The SMILES string of the molecule is NCCCCC(=O)NC(C(=O)O)C1CC1. The molecule has 0 aromatic rings. The first kappa shape index (κ1) is 12.0. The lowest BCUT2D eigenvalue weighted by Gasteiger charge is -2.13. The van der Waals surface area contributed by atoms with E-state index in [1.54, 1.807) is 0 Å². The fraction of sp³-hybridized carbons (Fsp3) is 0.800. The van der Waals surface area contributed by atoms with Crippen LogP contribution in [-0.2, 0) is 9.59 Å². The maximum absolute atomic E-state index is 11.3. The van der Waals surface area contributed by atoms with E-state index < -0.39 is 12.0 Å². The van der Waals surface area contributed by atoms with Crippen molar-refractivity contribution in [2.75, 3.05) is 6.54 Å². The van der Waals surface area contributed by atoms with E-state index in [2.05, 4.69) is 5.32 Å². The molecule has 5 nitrogen and oxygen atoms in total. The van der Waals surface area contributed by atoms with Crippen molar-refractivity contribution in [2.45, 2.75) is 38.1 Å². The molecule has 5 heteroatoms. The Kier molecular flexibility index (Phi) is 4.55. The molecule has 15 heavy (non-hydrogen) atoms. The Bertz CT molecular complexity index is 239. The van der Waals surface area contributed by atoms with E-state index in [9.17, 15) is 9.59 Å². The van der Waals surface area contributed by atoms with Gasteiger partial charge in [-0.3, -0.25) is 4.79 Å². The van der Waals surface area contributed by atoms with E-state index >= 15 is 0 Å². The third-order valence-electron chi connectivity index (χ3n) is 2.53. The predicted octanol–water partition coefficient (Wildman–Crippen LogP) is 0.0948.